The summed E-state index contributed by atoms with van der Waals surface area (Å²) in [6, 6.07) is 1.42. The van der Waals surface area contributed by atoms with E-state index in [2.05, 4.69) is 9.84 Å². The van der Waals surface area contributed by atoms with Crippen LogP contribution >= 0.6 is 7.82 Å². The minimum atomic E-state index is -4.82. The lowest BCUT2D eigenvalue weighted by Gasteiger charge is -2.18. The molecule has 0 spiro atoms. The molecule has 0 unspecified atom stereocenters. The Morgan fingerprint density at radius 1 is 1.31 bits per heavy atom. The Balaban J connectivity index is 2.72. The molecule has 9 N–H and O–H groups in total. The van der Waals surface area contributed by atoms with Crippen LogP contribution in [-0.2, 0) is 20.6 Å². The molecule has 0 aromatic heterocycles. The molecule has 0 aliphatic carbocycles. The second-order valence-corrected chi connectivity index (χ2v) is 6.69. The van der Waals surface area contributed by atoms with Crippen molar-refractivity contribution in [3.8, 4) is 11.5 Å². The Hall–Kier alpha value is -2.17. The molecule has 0 aliphatic heterocycles. The number of nitrogens with two attached hydrogens (primary N) is 2. The maximum absolute atomic E-state index is 12.0. The molecule has 1 aromatic rings. The molecule has 1 amide bonds. The van der Waals surface area contributed by atoms with Crippen LogP contribution in [0.5, 0.6) is 11.5 Å². The fourth-order valence-electron chi connectivity index (χ4n) is 2.10. The maximum Gasteiger partial charge on any atom is 0.524 e. The summed E-state index contributed by atoms with van der Waals surface area (Å²) in [6.45, 7) is 0.286. The summed E-state index contributed by atoms with van der Waals surface area (Å²) < 4.78 is 15.1. The number of nitrogens with one attached hydrogen (secondary N) is 1. The topological polar surface area (TPSA) is 205 Å². The number of carbonyl (C=O) groups excluding carboxylic acids is 1. The fourth-order valence-corrected chi connectivity index (χ4v) is 2.51. The van der Waals surface area contributed by atoms with Crippen molar-refractivity contribution in [2.45, 2.75) is 31.3 Å². The summed E-state index contributed by atoms with van der Waals surface area (Å²) in [5.74, 6) is -2.85. The molecule has 0 radical (unpaired) electrons. The monoisotopic (exact) mass is 391 g/mol. The summed E-state index contributed by atoms with van der Waals surface area (Å²) in [6.07, 6.45) is 0.541. The molecule has 0 saturated carbocycles. The van der Waals surface area contributed by atoms with Crippen molar-refractivity contribution in [2.24, 2.45) is 11.5 Å². The molecule has 12 heteroatoms. The van der Waals surface area contributed by atoms with E-state index in [-0.39, 0.29) is 19.4 Å². The Bertz CT molecular complexity index is 693. The molecule has 2 atom stereocenters. The minimum Gasteiger partial charge on any atom is -0.504 e. The van der Waals surface area contributed by atoms with Crippen molar-refractivity contribution in [3.05, 3.63) is 23.8 Å². The Morgan fingerprint density at radius 3 is 2.46 bits per heavy atom. The van der Waals surface area contributed by atoms with Gasteiger partial charge in [0.15, 0.2) is 11.5 Å². The van der Waals surface area contributed by atoms with Gasteiger partial charge in [-0.3, -0.25) is 14.6 Å². The Kier molecular flexibility index (Phi) is 8.00. The van der Waals surface area contributed by atoms with Gasteiger partial charge in [-0.2, -0.15) is 0 Å². The third-order valence-electron chi connectivity index (χ3n) is 3.34. The molecular weight excluding hydrogens is 369 g/mol. The number of carboxylic acids is 1. The number of rotatable bonds is 10. The highest BCUT2D eigenvalue weighted by atomic mass is 31.2. The molecule has 146 valence electrons. The Morgan fingerprint density at radius 2 is 1.96 bits per heavy atom. The Labute approximate surface area is 149 Å². The number of hydrogen-bond donors (Lipinski definition) is 7. The van der Waals surface area contributed by atoms with Crippen molar-refractivity contribution < 1.29 is 38.7 Å². The fraction of sp³-hybridized carbons (Fsp3) is 0.429. The lowest BCUT2D eigenvalue weighted by molar-refractivity contribution is -0.142. The molecule has 0 fully saturated rings. The van der Waals surface area contributed by atoms with Gasteiger partial charge in [-0.25, -0.2) is 9.36 Å². The number of phenols is 1. The molecule has 1 aromatic carbocycles. The largest absolute Gasteiger partial charge is 0.524 e. The van der Waals surface area contributed by atoms with Gasteiger partial charge in [-0.05, 0) is 43.5 Å². The molecule has 26 heavy (non-hydrogen) atoms. The van der Waals surface area contributed by atoms with E-state index in [9.17, 15) is 19.3 Å². The summed E-state index contributed by atoms with van der Waals surface area (Å²) in [7, 11) is -4.82. The number of carboxylic acid groups (broad SMARTS) is 1. The SMILES string of the molecule is NCCC[C@H](NC(=O)[C@@H](N)Cc1ccc(OP(=O)(O)O)c(O)c1)C(=O)O. The van der Waals surface area contributed by atoms with E-state index in [1.807, 2.05) is 0 Å². The van der Waals surface area contributed by atoms with Crippen LogP contribution in [0, 0.1) is 0 Å². The number of carbonyl (C=O) groups is 2. The first-order valence-corrected chi connectivity index (χ1v) is 9.12. The summed E-state index contributed by atoms with van der Waals surface area (Å²) in [4.78, 5) is 40.6. The zero-order valence-corrected chi connectivity index (χ0v) is 14.6. The number of aromatic hydroxyl groups is 1. The van der Waals surface area contributed by atoms with Crippen LogP contribution < -0.4 is 21.3 Å². The highest BCUT2D eigenvalue weighted by Gasteiger charge is 2.24. The number of phosphoric acid groups is 1. The lowest BCUT2D eigenvalue weighted by Crippen LogP contribution is -2.49. The zero-order chi connectivity index (χ0) is 19.9. The number of benzene rings is 1. The van der Waals surface area contributed by atoms with Crippen LogP contribution in [0.15, 0.2) is 18.2 Å². The molecule has 0 bridgehead atoms. The number of hydrogen-bond acceptors (Lipinski definition) is 7. The number of phosphoric ester groups is 1. The predicted octanol–water partition coefficient (Wildman–Crippen LogP) is -0.958. The normalized spacial score (nSPS) is 13.7. The van der Waals surface area contributed by atoms with E-state index in [1.165, 1.54) is 6.07 Å². The predicted molar refractivity (Wildman–Crippen MR) is 90.3 cm³/mol. The second-order valence-electron chi connectivity index (χ2n) is 5.52. The average Bonchev–Trinajstić information content (AvgIpc) is 2.52. The van der Waals surface area contributed by atoms with Gasteiger partial charge in [-0.15, -0.1) is 0 Å². The van der Waals surface area contributed by atoms with Gasteiger partial charge in [0.2, 0.25) is 5.91 Å². The van der Waals surface area contributed by atoms with E-state index in [1.54, 1.807) is 0 Å². The van der Waals surface area contributed by atoms with E-state index in [4.69, 9.17) is 26.4 Å². The van der Waals surface area contributed by atoms with Gasteiger partial charge in [0.1, 0.15) is 6.04 Å². The first-order chi connectivity index (χ1) is 12.0. The van der Waals surface area contributed by atoms with Crippen LogP contribution in [0.2, 0.25) is 0 Å². The van der Waals surface area contributed by atoms with Crippen LogP contribution in [0.25, 0.3) is 0 Å². The number of amides is 1. The highest BCUT2D eigenvalue weighted by molar-refractivity contribution is 7.46. The van der Waals surface area contributed by atoms with Crippen LogP contribution in [-0.4, -0.2) is 50.5 Å². The summed E-state index contributed by atoms with van der Waals surface area (Å²) >= 11 is 0. The molecule has 0 heterocycles. The second kappa shape index (κ2) is 9.51. The minimum absolute atomic E-state index is 0.0428. The van der Waals surface area contributed by atoms with Crippen LogP contribution in [0.3, 0.4) is 0 Å². The zero-order valence-electron chi connectivity index (χ0n) is 13.7. The summed E-state index contributed by atoms with van der Waals surface area (Å²) in [5, 5.41) is 21.1. The van der Waals surface area contributed by atoms with Gasteiger partial charge in [0, 0.05) is 0 Å². The third-order valence-corrected chi connectivity index (χ3v) is 3.78. The van der Waals surface area contributed by atoms with Gasteiger partial charge in [0.05, 0.1) is 6.04 Å². The van der Waals surface area contributed by atoms with Crippen LogP contribution in [0.1, 0.15) is 18.4 Å². The molecule has 1 rings (SSSR count). The van der Waals surface area contributed by atoms with Crippen molar-refractivity contribution in [3.63, 3.8) is 0 Å². The smallest absolute Gasteiger partial charge is 0.504 e. The molecule has 0 aliphatic rings. The van der Waals surface area contributed by atoms with Crippen molar-refractivity contribution >= 4 is 19.7 Å². The van der Waals surface area contributed by atoms with Gasteiger partial charge in [0.25, 0.3) is 0 Å². The molecule has 0 saturated heterocycles. The average molecular weight is 391 g/mol. The van der Waals surface area contributed by atoms with E-state index < -0.39 is 43.3 Å². The standard InChI is InChI=1S/C14H22N3O8P/c15-5-1-2-10(14(20)21)17-13(19)9(16)6-8-3-4-12(11(18)7-8)25-26(22,23)24/h3-4,7,9-10,18H,1-2,5-6,15-16H2,(H,17,19)(H,20,21)(H2,22,23,24)/t9-,10-/m0/s1. The quantitative estimate of drug-likeness (QED) is 0.243. The van der Waals surface area contributed by atoms with Crippen molar-refractivity contribution in [2.75, 3.05) is 6.54 Å². The first-order valence-electron chi connectivity index (χ1n) is 7.59. The highest BCUT2D eigenvalue weighted by Crippen LogP contribution is 2.41. The number of aliphatic carboxylic acids is 1. The van der Waals surface area contributed by atoms with E-state index in [0.717, 1.165) is 12.1 Å². The van der Waals surface area contributed by atoms with Crippen LogP contribution in [0.4, 0.5) is 0 Å². The lowest BCUT2D eigenvalue weighted by atomic mass is 10.0. The summed E-state index contributed by atoms with van der Waals surface area (Å²) in [5.41, 5.74) is 11.5. The van der Waals surface area contributed by atoms with E-state index in [0.29, 0.717) is 12.0 Å². The molecule has 11 nitrogen and oxygen atoms in total. The third kappa shape index (κ3) is 7.38. The van der Waals surface area contributed by atoms with Crippen molar-refractivity contribution in [1.82, 2.24) is 5.32 Å². The van der Waals surface area contributed by atoms with Gasteiger partial charge in [-0.1, -0.05) is 6.07 Å². The van der Waals surface area contributed by atoms with Gasteiger partial charge < -0.3 is 31.5 Å². The van der Waals surface area contributed by atoms with E-state index >= 15 is 0 Å². The first kappa shape index (κ1) is 21.9. The van der Waals surface area contributed by atoms with Gasteiger partial charge >= 0.3 is 13.8 Å². The molecular formula is C14H22N3O8P. The number of phenolic OH excluding ortho intramolecular Hbond substituents is 1. The van der Waals surface area contributed by atoms with Crippen molar-refractivity contribution in [1.29, 1.82) is 0 Å². The maximum atomic E-state index is 12.0.